The van der Waals surface area contributed by atoms with Crippen LogP contribution >= 0.6 is 0 Å². The summed E-state index contributed by atoms with van der Waals surface area (Å²) in [6.07, 6.45) is 6.71. The van der Waals surface area contributed by atoms with Crippen LogP contribution in [0.3, 0.4) is 0 Å². The molecule has 25 heavy (non-hydrogen) atoms. The lowest BCUT2D eigenvalue weighted by molar-refractivity contribution is 0.601. The summed E-state index contributed by atoms with van der Waals surface area (Å²) in [4.78, 5) is 12.7. The number of nitrogens with zero attached hydrogens (tertiary/aromatic N) is 4. The summed E-state index contributed by atoms with van der Waals surface area (Å²) in [7, 11) is -3.79. The molecule has 0 saturated carbocycles. The number of hydrogen-bond acceptors (Lipinski definition) is 6. The van der Waals surface area contributed by atoms with Crippen molar-refractivity contribution < 1.29 is 8.42 Å². The molecule has 0 saturated heterocycles. The molecule has 0 bridgehead atoms. The van der Waals surface area contributed by atoms with E-state index in [4.69, 9.17) is 5.73 Å². The van der Waals surface area contributed by atoms with Crippen LogP contribution in [0.25, 0.3) is 5.82 Å². The molecular weight excluding hydrogens is 340 g/mol. The molecule has 3 rings (SSSR count). The van der Waals surface area contributed by atoms with Gasteiger partial charge in [-0.05, 0) is 36.8 Å². The number of nitrogens with one attached hydrogen (secondary N) is 1. The van der Waals surface area contributed by atoms with Crippen molar-refractivity contribution in [3.8, 4) is 5.82 Å². The molecule has 2 heterocycles. The largest absolute Gasteiger partial charge is 0.399 e. The maximum Gasteiger partial charge on any atom is 0.264 e. The second-order valence-electron chi connectivity index (χ2n) is 5.38. The number of sulfonamides is 1. The number of benzene rings is 1. The van der Waals surface area contributed by atoms with Crippen molar-refractivity contribution in [2.45, 2.75) is 24.7 Å². The Kier molecular flexibility index (Phi) is 4.66. The van der Waals surface area contributed by atoms with E-state index in [1.165, 1.54) is 30.5 Å². The van der Waals surface area contributed by atoms with Gasteiger partial charge in [-0.15, -0.1) is 0 Å². The van der Waals surface area contributed by atoms with Gasteiger partial charge in [0.1, 0.15) is 11.6 Å². The van der Waals surface area contributed by atoms with Crippen molar-refractivity contribution in [3.63, 3.8) is 0 Å². The Morgan fingerprint density at radius 2 is 1.88 bits per heavy atom. The minimum absolute atomic E-state index is 0.00882. The fourth-order valence-corrected chi connectivity index (χ4v) is 3.26. The fraction of sp³-hybridized carbons (Fsp3) is 0.188. The predicted molar refractivity (Wildman–Crippen MR) is 94.8 cm³/mol. The van der Waals surface area contributed by atoms with Crippen LogP contribution < -0.4 is 10.5 Å². The molecule has 0 atom stereocenters. The second kappa shape index (κ2) is 6.89. The van der Waals surface area contributed by atoms with Crippen LogP contribution in [-0.2, 0) is 16.4 Å². The number of aryl methyl sites for hydroxylation is 1. The highest BCUT2D eigenvalue weighted by Gasteiger charge is 2.16. The van der Waals surface area contributed by atoms with E-state index in [9.17, 15) is 8.42 Å². The summed E-state index contributed by atoms with van der Waals surface area (Å²) >= 11 is 0. The summed E-state index contributed by atoms with van der Waals surface area (Å²) in [5.74, 6) is 1.39. The second-order valence-corrected chi connectivity index (χ2v) is 7.06. The first-order valence-corrected chi connectivity index (χ1v) is 9.22. The molecule has 130 valence electrons. The van der Waals surface area contributed by atoms with E-state index in [1.807, 2.05) is 4.57 Å². The third-order valence-corrected chi connectivity index (χ3v) is 4.84. The third kappa shape index (κ3) is 3.77. The predicted octanol–water partition coefficient (Wildman–Crippen LogP) is 2.00. The van der Waals surface area contributed by atoms with Crippen molar-refractivity contribution in [2.24, 2.45) is 0 Å². The average molecular weight is 358 g/mol. The van der Waals surface area contributed by atoms with E-state index in [0.717, 1.165) is 18.7 Å². The molecule has 0 aliphatic rings. The Hall–Kier alpha value is -2.94. The van der Waals surface area contributed by atoms with Gasteiger partial charge in [-0.1, -0.05) is 6.92 Å². The van der Waals surface area contributed by atoms with E-state index in [1.54, 1.807) is 18.5 Å². The number of nitrogens with two attached hydrogens (primary N) is 1. The normalized spacial score (nSPS) is 11.4. The Morgan fingerprint density at radius 1 is 1.12 bits per heavy atom. The van der Waals surface area contributed by atoms with Crippen molar-refractivity contribution in [1.29, 1.82) is 0 Å². The summed E-state index contributed by atoms with van der Waals surface area (Å²) in [6.45, 7) is 2.06. The first-order valence-electron chi connectivity index (χ1n) is 7.73. The van der Waals surface area contributed by atoms with E-state index < -0.39 is 10.0 Å². The van der Waals surface area contributed by atoms with E-state index in [-0.39, 0.29) is 10.8 Å². The smallest absolute Gasteiger partial charge is 0.264 e. The number of nitrogen functional groups attached to an aromatic ring is 1. The van der Waals surface area contributed by atoms with Crippen molar-refractivity contribution in [1.82, 2.24) is 19.5 Å². The van der Waals surface area contributed by atoms with Crippen LogP contribution in [0.5, 0.6) is 0 Å². The number of anilines is 2. The quantitative estimate of drug-likeness (QED) is 0.651. The molecule has 0 radical (unpaired) electrons. The van der Waals surface area contributed by atoms with Gasteiger partial charge in [-0.2, -0.15) is 4.98 Å². The Balaban J connectivity index is 1.89. The molecule has 2 aromatic heterocycles. The molecule has 1 aromatic carbocycles. The number of imidazole rings is 1. The van der Waals surface area contributed by atoms with E-state index in [0.29, 0.717) is 11.5 Å². The van der Waals surface area contributed by atoms with Crippen LogP contribution in [-0.4, -0.2) is 27.9 Å². The molecular formula is C16H18N6O2S. The molecule has 0 amide bonds. The number of aromatic nitrogens is 4. The summed E-state index contributed by atoms with van der Waals surface area (Å²) in [5, 5.41) is 0. The number of rotatable bonds is 6. The van der Waals surface area contributed by atoms with Gasteiger partial charge in [-0.25, -0.2) is 23.1 Å². The molecule has 0 fully saturated rings. The lowest BCUT2D eigenvalue weighted by Crippen LogP contribution is -2.16. The molecule has 0 spiro atoms. The van der Waals surface area contributed by atoms with E-state index >= 15 is 0 Å². The SMILES string of the molecule is CCCc1nccn1-c1ccnc(NS(=O)(=O)c2ccc(N)cc2)n1. The molecule has 8 nitrogen and oxygen atoms in total. The molecule has 0 unspecified atom stereocenters. The molecule has 9 heteroatoms. The molecule has 0 aliphatic carbocycles. The molecule has 3 aromatic rings. The van der Waals surface area contributed by atoms with Crippen molar-refractivity contribution >= 4 is 21.7 Å². The zero-order chi connectivity index (χ0) is 17.9. The zero-order valence-electron chi connectivity index (χ0n) is 13.6. The highest BCUT2D eigenvalue weighted by Crippen LogP contribution is 2.16. The van der Waals surface area contributed by atoms with Gasteiger partial charge in [0.15, 0.2) is 0 Å². The standard InChI is InChI=1S/C16H18N6O2S/c1-2-3-14-18-10-11-22(14)15-8-9-19-16(20-15)21-25(23,24)13-6-4-12(17)5-7-13/h4-11H,2-3,17H2,1H3,(H,19,20,21). The van der Waals surface area contributed by atoms with Gasteiger partial charge in [0.2, 0.25) is 5.95 Å². The van der Waals surface area contributed by atoms with E-state index in [2.05, 4.69) is 26.6 Å². The van der Waals surface area contributed by atoms with Crippen LogP contribution in [0.1, 0.15) is 19.2 Å². The summed E-state index contributed by atoms with van der Waals surface area (Å²) < 4.78 is 29.1. The van der Waals surface area contributed by atoms with Crippen LogP contribution in [0, 0.1) is 0 Å². The maximum absolute atomic E-state index is 12.4. The Bertz CT molecular complexity index is 966. The first kappa shape index (κ1) is 16.9. The van der Waals surface area contributed by atoms with Gasteiger partial charge in [0, 0.05) is 30.7 Å². The summed E-state index contributed by atoms with van der Waals surface area (Å²) in [5.41, 5.74) is 6.07. The Labute approximate surface area is 145 Å². The highest BCUT2D eigenvalue weighted by molar-refractivity contribution is 7.92. The monoisotopic (exact) mass is 358 g/mol. The molecule has 3 N–H and O–H groups in total. The maximum atomic E-state index is 12.4. The van der Waals surface area contributed by atoms with Gasteiger partial charge < -0.3 is 5.73 Å². The molecule has 0 aliphatic heterocycles. The first-order chi connectivity index (χ1) is 12.0. The fourth-order valence-electron chi connectivity index (χ4n) is 2.31. The van der Waals surface area contributed by atoms with Gasteiger partial charge in [0.05, 0.1) is 4.90 Å². The highest BCUT2D eigenvalue weighted by atomic mass is 32.2. The lowest BCUT2D eigenvalue weighted by Gasteiger charge is -2.10. The van der Waals surface area contributed by atoms with Crippen molar-refractivity contribution in [3.05, 3.63) is 54.7 Å². The van der Waals surface area contributed by atoms with Gasteiger partial charge >= 0.3 is 0 Å². The zero-order valence-corrected chi connectivity index (χ0v) is 14.4. The van der Waals surface area contributed by atoms with Gasteiger partial charge in [0.25, 0.3) is 10.0 Å². The van der Waals surface area contributed by atoms with Crippen LogP contribution in [0.2, 0.25) is 0 Å². The Morgan fingerprint density at radius 3 is 2.60 bits per heavy atom. The van der Waals surface area contributed by atoms with Gasteiger partial charge in [-0.3, -0.25) is 4.57 Å². The van der Waals surface area contributed by atoms with Crippen molar-refractivity contribution in [2.75, 3.05) is 10.5 Å². The lowest BCUT2D eigenvalue weighted by atomic mass is 10.3. The minimum Gasteiger partial charge on any atom is -0.399 e. The minimum atomic E-state index is -3.79. The number of hydrogen-bond donors (Lipinski definition) is 2. The topological polar surface area (TPSA) is 116 Å². The third-order valence-electron chi connectivity index (χ3n) is 3.49. The van der Waals surface area contributed by atoms with Crippen LogP contribution in [0.4, 0.5) is 11.6 Å². The average Bonchev–Trinajstić information content (AvgIpc) is 3.04. The summed E-state index contributed by atoms with van der Waals surface area (Å²) in [6, 6.07) is 7.60. The van der Waals surface area contributed by atoms with Crippen LogP contribution in [0.15, 0.2) is 53.8 Å².